The Morgan fingerprint density at radius 2 is 2.40 bits per heavy atom. The number of carbonyl (C=O) groups is 1. The molecule has 1 aromatic rings. The van der Waals surface area contributed by atoms with Crippen molar-refractivity contribution in [1.82, 2.24) is 4.98 Å². The smallest absolute Gasteiger partial charge is 0.306 e. The van der Waals surface area contributed by atoms with Crippen molar-refractivity contribution in [3.63, 3.8) is 0 Å². The molecule has 3 nitrogen and oxygen atoms in total. The lowest BCUT2D eigenvalue weighted by molar-refractivity contribution is -0.142. The highest BCUT2D eigenvalue weighted by Gasteiger charge is 1.97. The van der Waals surface area contributed by atoms with Crippen LogP contribution < -0.4 is 0 Å². The monoisotopic (exact) mass is 205 g/mol. The number of hydrogen-bond acceptors (Lipinski definition) is 3. The van der Waals surface area contributed by atoms with Crippen molar-refractivity contribution < 1.29 is 9.53 Å². The van der Waals surface area contributed by atoms with Gasteiger partial charge in [-0.1, -0.05) is 12.1 Å². The molecule has 1 aromatic heterocycles. The van der Waals surface area contributed by atoms with E-state index in [1.807, 2.05) is 37.3 Å². The topological polar surface area (TPSA) is 39.2 Å². The zero-order chi connectivity index (χ0) is 10.9. The van der Waals surface area contributed by atoms with Crippen molar-refractivity contribution in [3.05, 3.63) is 36.2 Å². The van der Waals surface area contributed by atoms with Gasteiger partial charge in [-0.15, -0.1) is 0 Å². The molecule has 3 heteroatoms. The molecule has 0 spiro atoms. The number of hydrogen-bond donors (Lipinski definition) is 0. The number of pyridine rings is 1. The minimum atomic E-state index is -0.150. The summed E-state index contributed by atoms with van der Waals surface area (Å²) in [6.07, 6.45) is 6.69. The van der Waals surface area contributed by atoms with Gasteiger partial charge in [0.1, 0.15) is 0 Å². The Bertz CT molecular complexity index is 320. The van der Waals surface area contributed by atoms with E-state index < -0.39 is 0 Å². The zero-order valence-electron chi connectivity index (χ0n) is 8.85. The van der Waals surface area contributed by atoms with Gasteiger partial charge in [-0.05, 0) is 31.6 Å². The Morgan fingerprint density at radius 3 is 3.07 bits per heavy atom. The molecule has 0 saturated carbocycles. The molecule has 0 aliphatic heterocycles. The van der Waals surface area contributed by atoms with Crippen molar-refractivity contribution in [2.24, 2.45) is 0 Å². The van der Waals surface area contributed by atoms with Crippen molar-refractivity contribution in [2.75, 3.05) is 6.61 Å². The van der Waals surface area contributed by atoms with E-state index >= 15 is 0 Å². The maximum atomic E-state index is 11.0. The highest BCUT2D eigenvalue weighted by molar-refractivity contribution is 5.69. The summed E-state index contributed by atoms with van der Waals surface area (Å²) in [7, 11) is 0. The molecule has 0 aliphatic rings. The average molecular weight is 205 g/mol. The Balaban J connectivity index is 2.26. The van der Waals surface area contributed by atoms with E-state index in [1.54, 1.807) is 6.20 Å². The molecular weight excluding hydrogens is 190 g/mol. The van der Waals surface area contributed by atoms with E-state index in [9.17, 15) is 4.79 Å². The quantitative estimate of drug-likeness (QED) is 0.693. The molecule has 0 radical (unpaired) electrons. The van der Waals surface area contributed by atoms with Crippen LogP contribution >= 0.6 is 0 Å². The molecule has 0 atom stereocenters. The number of nitrogens with zero attached hydrogens (tertiary/aromatic N) is 1. The highest BCUT2D eigenvalue weighted by atomic mass is 16.5. The van der Waals surface area contributed by atoms with Crippen LogP contribution in [0.4, 0.5) is 0 Å². The number of carbonyl (C=O) groups excluding carboxylic acids is 1. The van der Waals surface area contributed by atoms with Gasteiger partial charge < -0.3 is 4.74 Å². The second-order valence-corrected chi connectivity index (χ2v) is 3.00. The first-order valence-corrected chi connectivity index (χ1v) is 5.06. The number of ether oxygens (including phenoxy) is 1. The summed E-state index contributed by atoms with van der Waals surface area (Å²) in [4.78, 5) is 15.1. The fourth-order valence-electron chi connectivity index (χ4n) is 1.11. The molecule has 1 rings (SSSR count). The van der Waals surface area contributed by atoms with Crippen LogP contribution in [0.1, 0.15) is 25.5 Å². The van der Waals surface area contributed by atoms with Gasteiger partial charge in [-0.2, -0.15) is 0 Å². The number of esters is 1. The van der Waals surface area contributed by atoms with Gasteiger partial charge in [0.15, 0.2) is 0 Å². The predicted molar refractivity (Wildman–Crippen MR) is 59.1 cm³/mol. The van der Waals surface area contributed by atoms with Gasteiger partial charge in [-0.3, -0.25) is 9.78 Å². The Hall–Kier alpha value is -1.64. The van der Waals surface area contributed by atoms with Crippen LogP contribution in [0, 0.1) is 0 Å². The standard InChI is InChI=1S/C12H15NO2/c1-2-15-12(14)9-4-3-7-11-8-5-6-10-13-11/h3,5-8,10H,2,4,9H2,1H3. The number of rotatable bonds is 5. The summed E-state index contributed by atoms with van der Waals surface area (Å²) in [5.74, 6) is -0.150. The first-order valence-electron chi connectivity index (χ1n) is 5.06. The highest BCUT2D eigenvalue weighted by Crippen LogP contribution is 2.00. The molecule has 0 unspecified atom stereocenters. The summed E-state index contributed by atoms with van der Waals surface area (Å²) in [6, 6.07) is 5.72. The zero-order valence-corrected chi connectivity index (χ0v) is 8.85. The fourth-order valence-corrected chi connectivity index (χ4v) is 1.11. The van der Waals surface area contributed by atoms with Crippen LogP contribution in [-0.2, 0) is 9.53 Å². The third-order valence-corrected chi connectivity index (χ3v) is 1.80. The van der Waals surface area contributed by atoms with E-state index in [-0.39, 0.29) is 5.97 Å². The van der Waals surface area contributed by atoms with Crippen molar-refractivity contribution >= 4 is 12.0 Å². The van der Waals surface area contributed by atoms with E-state index in [0.717, 1.165) is 5.69 Å². The summed E-state index contributed by atoms with van der Waals surface area (Å²) in [5, 5.41) is 0. The molecular formula is C12H15NO2. The molecule has 0 aliphatic carbocycles. The molecule has 15 heavy (non-hydrogen) atoms. The molecule has 0 saturated heterocycles. The molecule has 0 N–H and O–H groups in total. The second-order valence-electron chi connectivity index (χ2n) is 3.00. The summed E-state index contributed by atoms with van der Waals surface area (Å²) in [5.41, 5.74) is 0.904. The molecule has 80 valence electrons. The first-order chi connectivity index (χ1) is 7.33. The fraction of sp³-hybridized carbons (Fsp3) is 0.333. The number of allylic oxidation sites excluding steroid dienone is 1. The van der Waals surface area contributed by atoms with Crippen molar-refractivity contribution in [3.8, 4) is 0 Å². The van der Waals surface area contributed by atoms with E-state index in [4.69, 9.17) is 4.74 Å². The lowest BCUT2D eigenvalue weighted by Gasteiger charge is -1.97. The Labute approximate surface area is 89.8 Å². The van der Waals surface area contributed by atoms with Gasteiger partial charge in [0, 0.05) is 12.6 Å². The number of aromatic nitrogens is 1. The largest absolute Gasteiger partial charge is 0.466 e. The minimum Gasteiger partial charge on any atom is -0.466 e. The van der Waals surface area contributed by atoms with Crippen LogP contribution in [0.15, 0.2) is 30.5 Å². The van der Waals surface area contributed by atoms with Gasteiger partial charge in [0.25, 0.3) is 0 Å². The van der Waals surface area contributed by atoms with Crippen LogP contribution in [0.3, 0.4) is 0 Å². The maximum Gasteiger partial charge on any atom is 0.306 e. The van der Waals surface area contributed by atoms with Crippen LogP contribution in [0.5, 0.6) is 0 Å². The summed E-state index contributed by atoms with van der Waals surface area (Å²) in [6.45, 7) is 2.25. The lowest BCUT2D eigenvalue weighted by Crippen LogP contribution is -2.02. The van der Waals surface area contributed by atoms with Crippen LogP contribution in [0.2, 0.25) is 0 Å². The molecule has 1 heterocycles. The van der Waals surface area contributed by atoms with E-state index in [2.05, 4.69) is 4.98 Å². The SMILES string of the molecule is CCOC(=O)CCC=Cc1ccccn1. The first kappa shape index (κ1) is 11.4. The molecule has 0 bridgehead atoms. The third-order valence-electron chi connectivity index (χ3n) is 1.80. The van der Waals surface area contributed by atoms with Crippen molar-refractivity contribution in [2.45, 2.75) is 19.8 Å². The second kappa shape index (κ2) is 6.76. The Morgan fingerprint density at radius 1 is 1.53 bits per heavy atom. The van der Waals surface area contributed by atoms with Crippen LogP contribution in [0.25, 0.3) is 6.08 Å². The molecule has 0 fully saturated rings. The predicted octanol–water partition coefficient (Wildman–Crippen LogP) is 2.44. The van der Waals surface area contributed by atoms with Gasteiger partial charge in [0.05, 0.1) is 12.3 Å². The lowest BCUT2D eigenvalue weighted by atomic mass is 10.2. The average Bonchev–Trinajstić information content (AvgIpc) is 2.26. The summed E-state index contributed by atoms with van der Waals surface area (Å²) >= 11 is 0. The molecule has 0 amide bonds. The van der Waals surface area contributed by atoms with E-state index in [1.165, 1.54) is 0 Å². The minimum absolute atomic E-state index is 0.150. The van der Waals surface area contributed by atoms with Gasteiger partial charge in [0.2, 0.25) is 0 Å². The Kier molecular flexibility index (Phi) is 5.15. The summed E-state index contributed by atoms with van der Waals surface area (Å²) < 4.78 is 4.81. The van der Waals surface area contributed by atoms with Gasteiger partial charge in [-0.25, -0.2) is 0 Å². The van der Waals surface area contributed by atoms with Gasteiger partial charge >= 0.3 is 5.97 Å². The third kappa shape index (κ3) is 4.96. The van der Waals surface area contributed by atoms with Crippen LogP contribution in [-0.4, -0.2) is 17.6 Å². The maximum absolute atomic E-state index is 11.0. The molecule has 0 aromatic carbocycles. The van der Waals surface area contributed by atoms with Crippen molar-refractivity contribution in [1.29, 1.82) is 0 Å². The normalized spacial score (nSPS) is 10.5. The van der Waals surface area contributed by atoms with E-state index in [0.29, 0.717) is 19.4 Å².